The van der Waals surface area contributed by atoms with Crippen molar-refractivity contribution < 1.29 is 38.1 Å². The van der Waals surface area contributed by atoms with E-state index in [4.69, 9.17) is 18.5 Å². The average Bonchev–Trinajstić information content (AvgIpc) is 3.06. The highest BCUT2D eigenvalue weighted by Crippen LogP contribution is 2.45. The number of H-pyrrole nitrogens is 1. The smallest absolute Gasteiger partial charge is 0.459 e. The largest absolute Gasteiger partial charge is 0.462 e. The van der Waals surface area contributed by atoms with E-state index in [-0.39, 0.29) is 5.75 Å². The zero-order valence-corrected chi connectivity index (χ0v) is 20.0. The molecule has 6 atom stereocenters. The van der Waals surface area contributed by atoms with Crippen LogP contribution in [0.1, 0.15) is 27.0 Å². The molecular formula is C20H27N4O10P. The van der Waals surface area contributed by atoms with Gasteiger partial charge in [-0.3, -0.25) is 19.1 Å². The van der Waals surface area contributed by atoms with Crippen molar-refractivity contribution in [1.82, 2.24) is 19.9 Å². The molecule has 1 aliphatic heterocycles. The molecular weight excluding hydrogens is 487 g/mol. The molecule has 15 heteroatoms. The molecule has 0 saturated carbocycles. The number of benzene rings is 1. The van der Waals surface area contributed by atoms with Crippen molar-refractivity contribution >= 4 is 13.7 Å². The minimum Gasteiger partial charge on any atom is -0.462 e. The number of aliphatic hydroxyl groups excluding tert-OH is 2. The summed E-state index contributed by atoms with van der Waals surface area (Å²) in [5.41, 5.74) is -1.72. The number of ether oxygens (including phenoxy) is 2. The molecule has 0 amide bonds. The number of carbonyl (C=O) groups excluding carboxylic acids is 1. The molecule has 0 bridgehead atoms. The molecule has 3 unspecified atom stereocenters. The van der Waals surface area contributed by atoms with Crippen LogP contribution < -0.4 is 20.9 Å². The fourth-order valence-corrected chi connectivity index (χ4v) is 4.62. The van der Waals surface area contributed by atoms with Crippen LogP contribution in [0.2, 0.25) is 0 Å². The number of nitrogens with one attached hydrogen (secondary N) is 2. The SMILES string of the molecule is CC(C)OC(=O)[C@H](C)NP(=O)(OC[C@H]1O[C@@H](n2ncc(=O)[nH]c2=O)C(O)C1O)Oc1ccccc1. The first-order chi connectivity index (χ1) is 16.5. The summed E-state index contributed by atoms with van der Waals surface area (Å²) in [4.78, 5) is 37.4. The second kappa shape index (κ2) is 11.2. The van der Waals surface area contributed by atoms with Gasteiger partial charge in [-0.15, -0.1) is 0 Å². The van der Waals surface area contributed by atoms with E-state index in [1.807, 2.05) is 4.98 Å². The lowest BCUT2D eigenvalue weighted by Crippen LogP contribution is -2.39. The molecule has 0 aliphatic carbocycles. The van der Waals surface area contributed by atoms with Crippen LogP contribution in [0.15, 0.2) is 46.1 Å². The number of hydrogen-bond acceptors (Lipinski definition) is 11. The maximum Gasteiger partial charge on any atom is 0.459 e. The highest BCUT2D eigenvalue weighted by Gasteiger charge is 2.46. The van der Waals surface area contributed by atoms with Crippen molar-refractivity contribution in [2.75, 3.05) is 6.61 Å². The van der Waals surface area contributed by atoms with Crippen molar-refractivity contribution in [2.45, 2.75) is 57.5 Å². The van der Waals surface area contributed by atoms with Crippen LogP contribution in [-0.2, 0) is 23.4 Å². The third-order valence-corrected chi connectivity index (χ3v) is 6.39. The fraction of sp³-hybridized carbons (Fsp3) is 0.500. The summed E-state index contributed by atoms with van der Waals surface area (Å²) in [6, 6.07) is 6.92. The number of aliphatic hydroxyl groups is 2. The molecule has 1 aliphatic rings. The third kappa shape index (κ3) is 6.84. The third-order valence-electron chi connectivity index (χ3n) is 4.75. The Morgan fingerprint density at radius 2 is 1.91 bits per heavy atom. The normalized spacial score (nSPS) is 24.6. The molecule has 192 valence electrons. The van der Waals surface area contributed by atoms with E-state index in [0.717, 1.165) is 6.20 Å². The molecule has 3 rings (SSSR count). The summed E-state index contributed by atoms with van der Waals surface area (Å²) in [5, 5.41) is 26.8. The minimum absolute atomic E-state index is 0.169. The quantitative estimate of drug-likeness (QED) is 0.239. The number of esters is 1. The Morgan fingerprint density at radius 3 is 2.54 bits per heavy atom. The van der Waals surface area contributed by atoms with Crippen LogP contribution >= 0.6 is 7.75 Å². The van der Waals surface area contributed by atoms with Gasteiger partial charge in [-0.25, -0.2) is 9.36 Å². The van der Waals surface area contributed by atoms with Crippen molar-refractivity contribution in [3.63, 3.8) is 0 Å². The number of carbonyl (C=O) groups is 1. The summed E-state index contributed by atoms with van der Waals surface area (Å²) in [6.45, 7) is 4.15. The van der Waals surface area contributed by atoms with Crippen molar-refractivity contribution in [3.05, 3.63) is 57.4 Å². The highest BCUT2D eigenvalue weighted by molar-refractivity contribution is 7.52. The second-order valence-electron chi connectivity index (χ2n) is 7.96. The van der Waals surface area contributed by atoms with E-state index < -0.39 is 68.3 Å². The number of rotatable bonds is 10. The van der Waals surface area contributed by atoms with Gasteiger partial charge in [-0.2, -0.15) is 14.9 Å². The average molecular weight is 514 g/mol. The van der Waals surface area contributed by atoms with E-state index in [1.54, 1.807) is 32.0 Å². The van der Waals surface area contributed by atoms with E-state index in [1.165, 1.54) is 19.1 Å². The molecule has 14 nitrogen and oxygen atoms in total. The zero-order chi connectivity index (χ0) is 25.8. The van der Waals surface area contributed by atoms with Gasteiger partial charge in [0.15, 0.2) is 6.23 Å². The Balaban J connectivity index is 1.75. The van der Waals surface area contributed by atoms with Gasteiger partial charge < -0.3 is 24.2 Å². The maximum atomic E-state index is 13.5. The lowest BCUT2D eigenvalue weighted by Gasteiger charge is -2.25. The fourth-order valence-electron chi connectivity index (χ4n) is 3.12. The predicted octanol–water partition coefficient (Wildman–Crippen LogP) is -0.316. The highest BCUT2D eigenvalue weighted by atomic mass is 31.2. The van der Waals surface area contributed by atoms with Crippen molar-refractivity contribution in [1.29, 1.82) is 0 Å². The number of para-hydroxylation sites is 1. The lowest BCUT2D eigenvalue weighted by atomic mass is 10.1. The number of hydrogen-bond donors (Lipinski definition) is 4. The van der Waals surface area contributed by atoms with Gasteiger partial charge in [0.25, 0.3) is 5.56 Å². The molecule has 2 heterocycles. The molecule has 1 aromatic heterocycles. The van der Waals surface area contributed by atoms with Crippen molar-refractivity contribution in [3.8, 4) is 5.75 Å². The van der Waals surface area contributed by atoms with Gasteiger partial charge in [0, 0.05) is 0 Å². The first-order valence-electron chi connectivity index (χ1n) is 10.7. The first kappa shape index (κ1) is 26.7. The van der Waals surface area contributed by atoms with Gasteiger partial charge in [0.1, 0.15) is 36.3 Å². The second-order valence-corrected chi connectivity index (χ2v) is 9.66. The summed E-state index contributed by atoms with van der Waals surface area (Å²) in [5.74, 6) is -0.529. The van der Waals surface area contributed by atoms with Crippen LogP contribution in [0.3, 0.4) is 0 Å². The molecule has 0 radical (unpaired) electrons. The number of aromatic nitrogens is 3. The van der Waals surface area contributed by atoms with Crippen LogP contribution in [-0.4, -0.2) is 68.0 Å². The Labute approximate surface area is 199 Å². The van der Waals surface area contributed by atoms with E-state index in [9.17, 15) is 29.2 Å². The Hall–Kier alpha value is -2.87. The Morgan fingerprint density at radius 1 is 1.23 bits per heavy atom. The summed E-state index contributed by atoms with van der Waals surface area (Å²) in [7, 11) is -4.26. The predicted molar refractivity (Wildman–Crippen MR) is 119 cm³/mol. The van der Waals surface area contributed by atoms with Gasteiger partial charge in [-0.05, 0) is 32.9 Å². The van der Waals surface area contributed by atoms with E-state index in [0.29, 0.717) is 4.68 Å². The van der Waals surface area contributed by atoms with Crippen LogP contribution in [0.5, 0.6) is 5.75 Å². The lowest BCUT2D eigenvalue weighted by molar-refractivity contribution is -0.149. The molecule has 1 saturated heterocycles. The van der Waals surface area contributed by atoms with Gasteiger partial charge in [-0.1, -0.05) is 18.2 Å². The van der Waals surface area contributed by atoms with Crippen molar-refractivity contribution in [2.24, 2.45) is 0 Å². The van der Waals surface area contributed by atoms with Crippen LogP contribution in [0.4, 0.5) is 0 Å². The monoisotopic (exact) mass is 514 g/mol. The Kier molecular flexibility index (Phi) is 8.59. The number of nitrogens with zero attached hydrogens (tertiary/aromatic N) is 2. The maximum absolute atomic E-state index is 13.5. The summed E-state index contributed by atoms with van der Waals surface area (Å²) >= 11 is 0. The molecule has 2 aromatic rings. The summed E-state index contributed by atoms with van der Waals surface area (Å²) in [6.07, 6.45) is -5.53. The zero-order valence-electron chi connectivity index (χ0n) is 19.1. The minimum atomic E-state index is -4.26. The van der Waals surface area contributed by atoms with Gasteiger partial charge in [0.05, 0.1) is 12.7 Å². The number of aromatic amines is 1. The molecule has 1 fully saturated rings. The molecule has 4 N–H and O–H groups in total. The van der Waals surface area contributed by atoms with Gasteiger partial charge in [0.2, 0.25) is 0 Å². The molecule has 1 aromatic carbocycles. The molecule has 0 spiro atoms. The molecule has 35 heavy (non-hydrogen) atoms. The van der Waals surface area contributed by atoms with Gasteiger partial charge >= 0.3 is 19.4 Å². The standard InChI is InChI=1S/C20H27N4O10P/c1-11(2)32-19(28)12(3)23-35(30,34-13-7-5-4-6-8-13)31-10-14-16(26)17(27)18(33-14)24-20(29)22-15(25)9-21-24/h4-9,11-12,14,16-18,26-27H,10H2,1-3H3,(H,23,30)(H,22,25,29)/t12-,14+,16?,17?,18+,35?/m0/s1. The van der Waals surface area contributed by atoms with E-state index in [2.05, 4.69) is 10.2 Å². The van der Waals surface area contributed by atoms with Crippen LogP contribution in [0, 0.1) is 0 Å². The Bertz CT molecular complexity index is 1170. The van der Waals surface area contributed by atoms with Crippen LogP contribution in [0.25, 0.3) is 0 Å². The topological polar surface area (TPSA) is 191 Å². The summed E-state index contributed by atoms with van der Waals surface area (Å²) < 4.78 is 35.7. The van der Waals surface area contributed by atoms with E-state index >= 15 is 0 Å². The first-order valence-corrected chi connectivity index (χ1v) is 12.2.